The quantitative estimate of drug-likeness (QED) is 0.648. The first-order valence-electron chi connectivity index (χ1n) is 5.73. The Morgan fingerprint density at radius 2 is 2.43 bits per heavy atom. The fraction of sp³-hybridized carbons (Fsp3) is 1.00. The molecule has 1 aliphatic carbocycles. The van der Waals surface area contributed by atoms with Gasteiger partial charge in [-0.3, -0.25) is 0 Å². The van der Waals surface area contributed by atoms with E-state index < -0.39 is 0 Å². The predicted molar refractivity (Wildman–Crippen MR) is 55.3 cm³/mol. The lowest BCUT2D eigenvalue weighted by Crippen LogP contribution is -2.23. The summed E-state index contributed by atoms with van der Waals surface area (Å²) in [5, 5.41) is 3.42. The van der Waals surface area contributed by atoms with Crippen LogP contribution < -0.4 is 5.32 Å². The molecule has 14 heavy (non-hydrogen) atoms. The summed E-state index contributed by atoms with van der Waals surface area (Å²) < 4.78 is 10.7. The minimum absolute atomic E-state index is 0.587. The monoisotopic (exact) mass is 199 g/mol. The molecule has 1 heterocycles. The molecule has 0 radical (unpaired) electrons. The minimum atomic E-state index is 0.587. The van der Waals surface area contributed by atoms with Crippen molar-refractivity contribution in [1.82, 2.24) is 5.32 Å². The second-order valence-electron chi connectivity index (χ2n) is 4.41. The van der Waals surface area contributed by atoms with Gasteiger partial charge in [0.15, 0.2) is 0 Å². The summed E-state index contributed by atoms with van der Waals surface area (Å²) in [5.74, 6) is 1.72. The Kier molecular flexibility index (Phi) is 3.79. The molecule has 1 saturated carbocycles. The zero-order valence-corrected chi connectivity index (χ0v) is 9.00. The minimum Gasteiger partial charge on any atom is -0.383 e. The van der Waals surface area contributed by atoms with Gasteiger partial charge in [-0.2, -0.15) is 0 Å². The first-order chi connectivity index (χ1) is 6.92. The second-order valence-corrected chi connectivity index (χ2v) is 4.41. The molecular formula is C11H21NO2. The molecule has 3 nitrogen and oxygen atoms in total. The first kappa shape index (κ1) is 10.4. The van der Waals surface area contributed by atoms with Crippen LogP contribution in [-0.2, 0) is 9.47 Å². The molecule has 1 aliphatic heterocycles. The van der Waals surface area contributed by atoms with E-state index in [0.717, 1.165) is 38.1 Å². The van der Waals surface area contributed by atoms with Crippen molar-refractivity contribution in [3.8, 4) is 0 Å². The van der Waals surface area contributed by atoms with E-state index in [1.165, 1.54) is 19.3 Å². The number of rotatable bonds is 6. The fourth-order valence-electron chi connectivity index (χ4n) is 2.36. The molecule has 2 rings (SSSR count). The highest BCUT2D eigenvalue weighted by Crippen LogP contribution is 2.44. The number of ether oxygens (including phenoxy) is 2. The Hall–Kier alpha value is -0.120. The van der Waals surface area contributed by atoms with E-state index in [4.69, 9.17) is 9.47 Å². The Bertz CT molecular complexity index is 169. The van der Waals surface area contributed by atoms with Gasteiger partial charge in [0.2, 0.25) is 0 Å². The van der Waals surface area contributed by atoms with Crippen molar-refractivity contribution in [1.29, 1.82) is 0 Å². The van der Waals surface area contributed by atoms with Gasteiger partial charge in [-0.05, 0) is 37.6 Å². The van der Waals surface area contributed by atoms with Crippen molar-refractivity contribution in [2.75, 3.05) is 33.4 Å². The van der Waals surface area contributed by atoms with Crippen molar-refractivity contribution in [3.05, 3.63) is 0 Å². The van der Waals surface area contributed by atoms with Crippen LogP contribution in [0.5, 0.6) is 0 Å². The maximum absolute atomic E-state index is 5.68. The molecule has 0 amide bonds. The highest BCUT2D eigenvalue weighted by atomic mass is 16.5. The second kappa shape index (κ2) is 5.10. The van der Waals surface area contributed by atoms with E-state index in [1.807, 2.05) is 0 Å². The predicted octanol–water partition coefficient (Wildman–Crippen LogP) is 1.04. The summed E-state index contributed by atoms with van der Waals surface area (Å²) in [6, 6.07) is 0. The molecule has 1 N–H and O–H groups in total. The van der Waals surface area contributed by atoms with E-state index in [1.54, 1.807) is 7.11 Å². The molecule has 2 fully saturated rings. The molecule has 2 aliphatic rings. The summed E-state index contributed by atoms with van der Waals surface area (Å²) in [7, 11) is 1.74. The number of nitrogens with one attached hydrogen (secondary N) is 1. The highest BCUT2D eigenvalue weighted by Gasteiger charge is 2.43. The Morgan fingerprint density at radius 1 is 1.50 bits per heavy atom. The van der Waals surface area contributed by atoms with Gasteiger partial charge in [-0.15, -0.1) is 0 Å². The van der Waals surface area contributed by atoms with Crippen LogP contribution in [0.4, 0.5) is 0 Å². The molecule has 0 bridgehead atoms. The van der Waals surface area contributed by atoms with Crippen LogP contribution in [0.1, 0.15) is 19.3 Å². The van der Waals surface area contributed by atoms with Gasteiger partial charge in [0, 0.05) is 20.3 Å². The van der Waals surface area contributed by atoms with Crippen LogP contribution in [-0.4, -0.2) is 39.5 Å². The number of hydrogen-bond acceptors (Lipinski definition) is 3. The third kappa shape index (κ3) is 2.69. The van der Waals surface area contributed by atoms with Crippen molar-refractivity contribution in [3.63, 3.8) is 0 Å². The van der Waals surface area contributed by atoms with Gasteiger partial charge in [-0.25, -0.2) is 0 Å². The summed E-state index contributed by atoms with van der Waals surface area (Å²) in [6.45, 7) is 3.93. The topological polar surface area (TPSA) is 30.5 Å². The van der Waals surface area contributed by atoms with Gasteiger partial charge in [0.25, 0.3) is 0 Å². The van der Waals surface area contributed by atoms with Crippen LogP contribution in [0.3, 0.4) is 0 Å². The zero-order valence-electron chi connectivity index (χ0n) is 9.00. The van der Waals surface area contributed by atoms with Crippen LogP contribution in [0.25, 0.3) is 0 Å². The summed E-state index contributed by atoms with van der Waals surface area (Å²) in [6.07, 6.45) is 4.51. The van der Waals surface area contributed by atoms with Crippen LogP contribution in [0, 0.1) is 11.8 Å². The zero-order chi connectivity index (χ0) is 9.80. The van der Waals surface area contributed by atoms with Gasteiger partial charge < -0.3 is 14.8 Å². The van der Waals surface area contributed by atoms with Crippen molar-refractivity contribution in [2.45, 2.75) is 25.4 Å². The van der Waals surface area contributed by atoms with E-state index >= 15 is 0 Å². The van der Waals surface area contributed by atoms with Crippen molar-refractivity contribution >= 4 is 0 Å². The van der Waals surface area contributed by atoms with Gasteiger partial charge in [-0.1, -0.05) is 0 Å². The number of methoxy groups -OCH3 is 1. The van der Waals surface area contributed by atoms with Crippen molar-refractivity contribution in [2.24, 2.45) is 11.8 Å². The molecule has 1 saturated heterocycles. The Balaban J connectivity index is 1.53. The lowest BCUT2D eigenvalue weighted by molar-refractivity contribution is 0.0895. The molecule has 0 aromatic rings. The molecule has 0 aromatic carbocycles. The molecule has 82 valence electrons. The average molecular weight is 199 g/mol. The van der Waals surface area contributed by atoms with Gasteiger partial charge >= 0.3 is 0 Å². The SMILES string of the molecule is COCCNCC1CC1C1CCCO1. The van der Waals surface area contributed by atoms with E-state index in [-0.39, 0.29) is 0 Å². The van der Waals surface area contributed by atoms with Gasteiger partial charge in [0.05, 0.1) is 12.7 Å². The molecule has 0 spiro atoms. The largest absolute Gasteiger partial charge is 0.383 e. The molecular weight excluding hydrogens is 178 g/mol. The lowest BCUT2D eigenvalue weighted by Gasteiger charge is -2.08. The summed E-state index contributed by atoms with van der Waals surface area (Å²) in [5.41, 5.74) is 0. The normalized spacial score (nSPS) is 36.2. The number of hydrogen-bond donors (Lipinski definition) is 1. The maximum atomic E-state index is 5.68. The molecule has 3 heteroatoms. The average Bonchev–Trinajstić information content (AvgIpc) is 2.77. The van der Waals surface area contributed by atoms with E-state index in [0.29, 0.717) is 6.10 Å². The van der Waals surface area contributed by atoms with Gasteiger partial charge in [0.1, 0.15) is 0 Å². The molecule has 3 unspecified atom stereocenters. The third-order valence-corrected chi connectivity index (χ3v) is 3.31. The van der Waals surface area contributed by atoms with Crippen LogP contribution in [0.2, 0.25) is 0 Å². The van der Waals surface area contributed by atoms with E-state index in [2.05, 4.69) is 5.32 Å². The third-order valence-electron chi connectivity index (χ3n) is 3.31. The Morgan fingerprint density at radius 3 is 3.14 bits per heavy atom. The summed E-state index contributed by atoms with van der Waals surface area (Å²) in [4.78, 5) is 0. The van der Waals surface area contributed by atoms with Crippen molar-refractivity contribution < 1.29 is 9.47 Å². The fourth-order valence-corrected chi connectivity index (χ4v) is 2.36. The van der Waals surface area contributed by atoms with Crippen LogP contribution in [0.15, 0.2) is 0 Å². The highest BCUT2D eigenvalue weighted by molar-refractivity contribution is 4.94. The first-order valence-corrected chi connectivity index (χ1v) is 5.73. The Labute approximate surface area is 86.2 Å². The smallest absolute Gasteiger partial charge is 0.0607 e. The summed E-state index contributed by atoms with van der Waals surface area (Å²) >= 11 is 0. The van der Waals surface area contributed by atoms with Crippen LogP contribution >= 0.6 is 0 Å². The standard InChI is InChI=1S/C11H21NO2/c1-13-6-4-12-8-9-7-10(9)11-3-2-5-14-11/h9-12H,2-8H2,1H3. The maximum Gasteiger partial charge on any atom is 0.0607 e. The molecule has 3 atom stereocenters. The lowest BCUT2D eigenvalue weighted by atomic mass is 10.1. The van der Waals surface area contributed by atoms with E-state index in [9.17, 15) is 0 Å². The molecule has 0 aromatic heterocycles.